The normalized spacial score (nSPS) is 11.7. The minimum Gasteiger partial charge on any atom is -0.396 e. The molecule has 13 heavy (non-hydrogen) atoms. The van der Waals surface area contributed by atoms with Crippen LogP contribution in [-0.4, -0.2) is 30.3 Å². The van der Waals surface area contributed by atoms with E-state index in [9.17, 15) is 0 Å². The molecule has 1 heterocycles. The van der Waals surface area contributed by atoms with Crippen LogP contribution in [0.15, 0.2) is 18.3 Å². The summed E-state index contributed by atoms with van der Waals surface area (Å²) < 4.78 is 0. The minimum atomic E-state index is -0.0557. The van der Waals surface area contributed by atoms with Crippen LogP contribution in [0, 0.1) is 5.41 Å². The van der Waals surface area contributed by atoms with Crippen molar-refractivity contribution in [2.45, 2.75) is 13.8 Å². The number of aliphatic hydroxyl groups is 1. The summed E-state index contributed by atoms with van der Waals surface area (Å²) in [4.78, 5) is 5.24. The number of aromatic nitrogens is 1. The van der Waals surface area contributed by atoms with Crippen molar-refractivity contribution in [3.8, 4) is 0 Å². The molecule has 1 aromatic rings. The van der Waals surface area contributed by atoms with E-state index >= 15 is 0 Å². The maximum Gasteiger partial charge on any atom is 0.105 e. The summed E-state index contributed by atoms with van der Waals surface area (Å²) in [5, 5.41) is 9.10. The number of anilines is 1. The quantitative estimate of drug-likeness (QED) is 0.740. The predicted molar refractivity (Wildman–Crippen MR) is 54.9 cm³/mol. The van der Waals surface area contributed by atoms with E-state index in [0.29, 0.717) is 0 Å². The van der Waals surface area contributed by atoms with E-state index in [1.165, 1.54) is 0 Å². The van der Waals surface area contributed by atoms with Crippen molar-refractivity contribution >= 4 is 5.82 Å². The molecule has 0 saturated heterocycles. The lowest BCUT2D eigenvalue weighted by molar-refractivity contribution is 0.165. The van der Waals surface area contributed by atoms with Gasteiger partial charge >= 0.3 is 0 Å². The van der Waals surface area contributed by atoms with E-state index in [1.54, 1.807) is 0 Å². The zero-order chi connectivity index (χ0) is 9.90. The predicted octanol–water partition coefficient (Wildman–Crippen LogP) is 1.47. The van der Waals surface area contributed by atoms with Crippen molar-refractivity contribution < 1.29 is 5.11 Å². The fourth-order valence-electron chi connectivity index (χ4n) is 1.34. The van der Waals surface area contributed by atoms with Crippen LogP contribution in [0.3, 0.4) is 0 Å². The second-order valence-electron chi connectivity index (χ2n) is 4.23. The number of nitrogens with zero attached hydrogens (tertiary/aromatic N) is 1. The minimum absolute atomic E-state index is 0.0557. The van der Waals surface area contributed by atoms with Crippen LogP contribution in [0.5, 0.6) is 0 Å². The molecule has 0 amide bonds. The molecule has 0 saturated carbocycles. The zero-order valence-corrected chi connectivity index (χ0v) is 8.54. The van der Waals surface area contributed by atoms with Gasteiger partial charge < -0.3 is 15.0 Å². The largest absolute Gasteiger partial charge is 0.396 e. The summed E-state index contributed by atoms with van der Waals surface area (Å²) in [5.74, 6) is 1.08. The van der Waals surface area contributed by atoms with E-state index < -0.39 is 0 Å². The summed E-state index contributed by atoms with van der Waals surface area (Å²) in [6.45, 7) is 5.14. The van der Waals surface area contributed by atoms with E-state index in [1.807, 2.05) is 39.2 Å². The van der Waals surface area contributed by atoms with Gasteiger partial charge in [0.2, 0.25) is 0 Å². The summed E-state index contributed by atoms with van der Waals surface area (Å²) in [5.41, 5.74) is -0.0557. The van der Waals surface area contributed by atoms with Gasteiger partial charge in [0.25, 0.3) is 0 Å². The van der Waals surface area contributed by atoms with Crippen LogP contribution in [0.25, 0.3) is 0 Å². The maximum absolute atomic E-state index is 9.10. The highest BCUT2D eigenvalue weighted by Gasteiger charge is 2.19. The summed E-state index contributed by atoms with van der Waals surface area (Å²) in [6, 6.07) is 3.99. The fourth-order valence-corrected chi connectivity index (χ4v) is 1.34. The molecule has 1 rings (SSSR count). The first kappa shape index (κ1) is 10.1. The Balaban J connectivity index is 2.56. The van der Waals surface area contributed by atoms with Gasteiger partial charge in [-0.15, -0.1) is 0 Å². The maximum atomic E-state index is 9.10. The number of nitrogens with one attached hydrogen (secondary N) is 1. The number of hydrogen-bond donors (Lipinski definition) is 2. The van der Waals surface area contributed by atoms with Gasteiger partial charge in [-0.25, -0.2) is 0 Å². The Kier molecular flexibility index (Phi) is 2.98. The van der Waals surface area contributed by atoms with Crippen LogP contribution in [-0.2, 0) is 0 Å². The zero-order valence-electron chi connectivity index (χ0n) is 8.54. The van der Waals surface area contributed by atoms with Gasteiger partial charge in [0.1, 0.15) is 5.82 Å². The van der Waals surface area contributed by atoms with Gasteiger partial charge in [-0.1, -0.05) is 13.8 Å². The van der Waals surface area contributed by atoms with Crippen molar-refractivity contribution in [2.75, 3.05) is 25.1 Å². The molecule has 0 atom stereocenters. The van der Waals surface area contributed by atoms with Crippen LogP contribution in [0.2, 0.25) is 0 Å². The van der Waals surface area contributed by atoms with E-state index in [0.717, 1.165) is 12.4 Å². The lowest BCUT2D eigenvalue weighted by Crippen LogP contribution is -2.34. The number of aliphatic hydroxyl groups excluding tert-OH is 1. The first-order chi connectivity index (χ1) is 6.05. The van der Waals surface area contributed by atoms with Crippen LogP contribution >= 0.6 is 0 Å². The Morgan fingerprint density at radius 3 is 2.69 bits per heavy atom. The molecule has 2 N–H and O–H groups in total. The van der Waals surface area contributed by atoms with Gasteiger partial charge in [0, 0.05) is 31.8 Å². The molecule has 0 radical (unpaired) electrons. The van der Waals surface area contributed by atoms with Gasteiger partial charge in [0.15, 0.2) is 0 Å². The highest BCUT2D eigenvalue weighted by Crippen LogP contribution is 2.18. The summed E-state index contributed by atoms with van der Waals surface area (Å²) in [6.07, 6.45) is 1.90. The summed E-state index contributed by atoms with van der Waals surface area (Å²) >= 11 is 0. The molecule has 3 heteroatoms. The van der Waals surface area contributed by atoms with E-state index in [-0.39, 0.29) is 12.0 Å². The van der Waals surface area contributed by atoms with Crippen LogP contribution < -0.4 is 4.90 Å². The molecule has 74 valence electrons. The van der Waals surface area contributed by atoms with E-state index in [4.69, 9.17) is 5.11 Å². The molecule has 0 unspecified atom stereocenters. The number of hydrogen-bond acceptors (Lipinski definition) is 2. The Morgan fingerprint density at radius 2 is 2.23 bits per heavy atom. The van der Waals surface area contributed by atoms with Crippen molar-refractivity contribution in [3.63, 3.8) is 0 Å². The first-order valence-corrected chi connectivity index (χ1v) is 4.50. The first-order valence-electron chi connectivity index (χ1n) is 4.50. The Bertz CT molecular complexity index is 241. The average Bonchev–Trinajstić information content (AvgIpc) is 2.55. The standard InChI is InChI=1S/C10H18N2O/c1-10(2,8-13)7-12(3)9-5-4-6-11-9/h4-6,11,13H,7-8H2,1-3H3. The van der Waals surface area contributed by atoms with Crippen molar-refractivity contribution in [1.82, 2.24) is 4.98 Å². The van der Waals surface area contributed by atoms with Gasteiger partial charge in [-0.3, -0.25) is 0 Å². The molecule has 0 bridgehead atoms. The smallest absolute Gasteiger partial charge is 0.105 e. The summed E-state index contributed by atoms with van der Waals surface area (Å²) in [7, 11) is 2.02. The fraction of sp³-hybridized carbons (Fsp3) is 0.600. The molecule has 0 aliphatic carbocycles. The van der Waals surface area contributed by atoms with Crippen LogP contribution in [0.4, 0.5) is 5.82 Å². The topological polar surface area (TPSA) is 39.3 Å². The van der Waals surface area contributed by atoms with Crippen molar-refractivity contribution in [2.24, 2.45) is 5.41 Å². The molecular weight excluding hydrogens is 164 g/mol. The average molecular weight is 182 g/mol. The Morgan fingerprint density at radius 1 is 1.54 bits per heavy atom. The lowest BCUT2D eigenvalue weighted by atomic mass is 9.94. The molecule has 0 aromatic carbocycles. The molecule has 0 aliphatic rings. The number of aromatic amines is 1. The van der Waals surface area contributed by atoms with Gasteiger partial charge in [0.05, 0.1) is 0 Å². The number of H-pyrrole nitrogens is 1. The molecular formula is C10H18N2O. The highest BCUT2D eigenvalue weighted by atomic mass is 16.3. The second-order valence-corrected chi connectivity index (χ2v) is 4.23. The molecule has 3 nitrogen and oxygen atoms in total. The van der Waals surface area contributed by atoms with Gasteiger partial charge in [-0.2, -0.15) is 0 Å². The third kappa shape index (κ3) is 2.77. The molecule has 1 aromatic heterocycles. The SMILES string of the molecule is CN(CC(C)(C)CO)c1ccc[nH]1. The third-order valence-corrected chi connectivity index (χ3v) is 2.09. The van der Waals surface area contributed by atoms with Crippen LogP contribution in [0.1, 0.15) is 13.8 Å². The van der Waals surface area contributed by atoms with Gasteiger partial charge in [-0.05, 0) is 12.1 Å². The van der Waals surface area contributed by atoms with Crippen molar-refractivity contribution in [1.29, 1.82) is 0 Å². The Labute approximate surface area is 79.4 Å². The third-order valence-electron chi connectivity index (χ3n) is 2.09. The monoisotopic (exact) mass is 182 g/mol. The van der Waals surface area contributed by atoms with Crippen molar-refractivity contribution in [3.05, 3.63) is 18.3 Å². The number of rotatable bonds is 4. The Hall–Kier alpha value is -0.960. The molecule has 0 spiro atoms. The molecule has 0 aliphatic heterocycles. The lowest BCUT2D eigenvalue weighted by Gasteiger charge is -2.28. The second kappa shape index (κ2) is 3.83. The van der Waals surface area contributed by atoms with E-state index in [2.05, 4.69) is 9.88 Å². The molecule has 0 fully saturated rings. The highest BCUT2D eigenvalue weighted by molar-refractivity contribution is 5.37.